The van der Waals surface area contributed by atoms with E-state index in [-0.39, 0.29) is 11.3 Å². The molecule has 4 heteroatoms. The van der Waals surface area contributed by atoms with Crippen LogP contribution in [0.4, 0.5) is 0 Å². The summed E-state index contributed by atoms with van der Waals surface area (Å²) in [4.78, 5) is 11.0. The van der Waals surface area contributed by atoms with E-state index in [0.29, 0.717) is 13.2 Å². The second-order valence-corrected chi connectivity index (χ2v) is 3.91. The molecule has 1 aliphatic heterocycles. The molecule has 4 N–H and O–H groups in total. The smallest absolute Gasteiger partial charge is 0.238 e. The minimum absolute atomic E-state index is 0.0168. The van der Waals surface area contributed by atoms with Crippen LogP contribution in [0.3, 0.4) is 0 Å². The average molecular weight is 170 g/mol. The zero-order valence-corrected chi connectivity index (χ0v) is 7.01. The number of primary amides is 1. The van der Waals surface area contributed by atoms with Gasteiger partial charge in [0.05, 0.1) is 0 Å². The average Bonchev–Trinajstić information content (AvgIpc) is 2.59. The Morgan fingerprint density at radius 1 is 1.33 bits per heavy atom. The maximum atomic E-state index is 11.0. The lowest BCUT2D eigenvalue weighted by atomic mass is 9.91. The zero-order chi connectivity index (χ0) is 8.82. The van der Waals surface area contributed by atoms with E-state index >= 15 is 0 Å². The SMILES string of the molecule is NC(=O)C1(N)CC12CCOCC2. The fourth-order valence-corrected chi connectivity index (χ4v) is 2.22. The zero-order valence-electron chi connectivity index (χ0n) is 7.01. The van der Waals surface area contributed by atoms with Gasteiger partial charge in [0.25, 0.3) is 0 Å². The van der Waals surface area contributed by atoms with Crippen LogP contribution in [0.1, 0.15) is 19.3 Å². The van der Waals surface area contributed by atoms with E-state index in [1.807, 2.05) is 0 Å². The number of hydrogen-bond donors (Lipinski definition) is 2. The third-order valence-corrected chi connectivity index (χ3v) is 3.33. The lowest BCUT2D eigenvalue weighted by Gasteiger charge is -2.25. The number of carbonyl (C=O) groups excluding carboxylic acids is 1. The molecule has 1 spiro atoms. The van der Waals surface area contributed by atoms with Crippen molar-refractivity contribution < 1.29 is 9.53 Å². The maximum absolute atomic E-state index is 11.0. The molecule has 0 aromatic carbocycles. The molecular formula is C8H14N2O2. The highest BCUT2D eigenvalue weighted by Crippen LogP contribution is 2.60. The molecule has 0 radical (unpaired) electrons. The van der Waals surface area contributed by atoms with Crippen LogP contribution < -0.4 is 11.5 Å². The molecule has 2 aliphatic rings. The van der Waals surface area contributed by atoms with Crippen molar-refractivity contribution in [2.75, 3.05) is 13.2 Å². The van der Waals surface area contributed by atoms with Crippen LogP contribution in [0, 0.1) is 5.41 Å². The molecular weight excluding hydrogens is 156 g/mol. The Morgan fingerprint density at radius 2 is 1.92 bits per heavy atom. The van der Waals surface area contributed by atoms with Crippen molar-refractivity contribution in [3.63, 3.8) is 0 Å². The van der Waals surface area contributed by atoms with Gasteiger partial charge in [0.2, 0.25) is 5.91 Å². The van der Waals surface area contributed by atoms with Crippen LogP contribution >= 0.6 is 0 Å². The predicted molar refractivity (Wildman–Crippen MR) is 43.2 cm³/mol. The minimum Gasteiger partial charge on any atom is -0.381 e. The summed E-state index contributed by atoms with van der Waals surface area (Å²) < 4.78 is 5.21. The number of rotatable bonds is 1. The van der Waals surface area contributed by atoms with Crippen LogP contribution in [0.15, 0.2) is 0 Å². The Kier molecular flexibility index (Phi) is 1.47. The first-order valence-electron chi connectivity index (χ1n) is 4.27. The minimum atomic E-state index is -0.725. The van der Waals surface area contributed by atoms with Gasteiger partial charge in [-0.25, -0.2) is 0 Å². The summed E-state index contributed by atoms with van der Waals surface area (Å²) in [5, 5.41) is 0. The predicted octanol–water partition coefficient (Wildman–Crippen LogP) is -0.630. The molecule has 68 valence electrons. The van der Waals surface area contributed by atoms with Crippen molar-refractivity contribution in [1.29, 1.82) is 0 Å². The van der Waals surface area contributed by atoms with E-state index in [2.05, 4.69) is 0 Å². The first-order chi connectivity index (χ1) is 5.61. The molecule has 4 nitrogen and oxygen atoms in total. The van der Waals surface area contributed by atoms with Crippen LogP contribution in [0.5, 0.6) is 0 Å². The number of hydrogen-bond acceptors (Lipinski definition) is 3. The highest BCUT2D eigenvalue weighted by Gasteiger charge is 2.68. The summed E-state index contributed by atoms with van der Waals surface area (Å²) in [7, 11) is 0. The molecule has 1 heterocycles. The van der Waals surface area contributed by atoms with Crippen LogP contribution in [-0.4, -0.2) is 24.7 Å². The van der Waals surface area contributed by atoms with Crippen molar-refractivity contribution in [2.24, 2.45) is 16.9 Å². The van der Waals surface area contributed by atoms with E-state index < -0.39 is 5.54 Å². The quantitative estimate of drug-likeness (QED) is 0.550. The van der Waals surface area contributed by atoms with E-state index in [1.54, 1.807) is 0 Å². The normalized spacial score (nSPS) is 38.1. The Hall–Kier alpha value is -0.610. The third kappa shape index (κ3) is 0.820. The highest BCUT2D eigenvalue weighted by atomic mass is 16.5. The maximum Gasteiger partial charge on any atom is 0.238 e. The van der Waals surface area contributed by atoms with Gasteiger partial charge in [-0.1, -0.05) is 0 Å². The van der Waals surface area contributed by atoms with Crippen LogP contribution in [-0.2, 0) is 9.53 Å². The summed E-state index contributed by atoms with van der Waals surface area (Å²) in [5.41, 5.74) is 10.4. The highest BCUT2D eigenvalue weighted by molar-refractivity contribution is 5.89. The molecule has 1 atom stereocenters. The van der Waals surface area contributed by atoms with Gasteiger partial charge in [-0.2, -0.15) is 0 Å². The number of amides is 1. The molecule has 0 bridgehead atoms. The van der Waals surface area contributed by atoms with E-state index in [0.717, 1.165) is 19.3 Å². The largest absolute Gasteiger partial charge is 0.381 e. The Morgan fingerprint density at radius 3 is 2.33 bits per heavy atom. The molecule has 1 saturated heterocycles. The summed E-state index contributed by atoms with van der Waals surface area (Å²) >= 11 is 0. The topological polar surface area (TPSA) is 78.3 Å². The first-order valence-corrected chi connectivity index (χ1v) is 4.27. The molecule has 0 aromatic heterocycles. The van der Waals surface area contributed by atoms with Crippen molar-refractivity contribution in [3.8, 4) is 0 Å². The van der Waals surface area contributed by atoms with Gasteiger partial charge in [0.15, 0.2) is 0 Å². The standard InChI is InChI=1S/C8H14N2O2/c9-6(11)8(10)5-7(8)1-3-12-4-2-7/h1-5,10H2,(H2,9,11). The first kappa shape index (κ1) is 8.01. The van der Waals surface area contributed by atoms with Crippen molar-refractivity contribution in [1.82, 2.24) is 0 Å². The lowest BCUT2D eigenvalue weighted by molar-refractivity contribution is -0.121. The molecule has 1 aliphatic carbocycles. The van der Waals surface area contributed by atoms with Crippen molar-refractivity contribution in [3.05, 3.63) is 0 Å². The third-order valence-electron chi connectivity index (χ3n) is 3.33. The Labute approximate surface area is 71.2 Å². The van der Waals surface area contributed by atoms with E-state index in [9.17, 15) is 4.79 Å². The van der Waals surface area contributed by atoms with Crippen molar-refractivity contribution >= 4 is 5.91 Å². The second-order valence-electron chi connectivity index (χ2n) is 3.91. The number of ether oxygens (including phenoxy) is 1. The molecule has 2 rings (SSSR count). The number of carbonyl (C=O) groups is 1. The number of nitrogens with two attached hydrogens (primary N) is 2. The molecule has 2 fully saturated rings. The monoisotopic (exact) mass is 170 g/mol. The summed E-state index contributed by atoms with van der Waals surface area (Å²) in [6.45, 7) is 1.43. The van der Waals surface area contributed by atoms with Gasteiger partial charge in [-0.05, 0) is 19.3 Å². The molecule has 1 unspecified atom stereocenters. The van der Waals surface area contributed by atoms with Gasteiger partial charge < -0.3 is 16.2 Å². The van der Waals surface area contributed by atoms with Crippen LogP contribution in [0.2, 0.25) is 0 Å². The van der Waals surface area contributed by atoms with E-state index in [4.69, 9.17) is 16.2 Å². The van der Waals surface area contributed by atoms with Gasteiger partial charge in [0.1, 0.15) is 5.54 Å². The van der Waals surface area contributed by atoms with Crippen LogP contribution in [0.25, 0.3) is 0 Å². The van der Waals surface area contributed by atoms with Gasteiger partial charge >= 0.3 is 0 Å². The van der Waals surface area contributed by atoms with Gasteiger partial charge in [-0.15, -0.1) is 0 Å². The fourth-order valence-electron chi connectivity index (χ4n) is 2.22. The van der Waals surface area contributed by atoms with Crippen molar-refractivity contribution in [2.45, 2.75) is 24.8 Å². The summed E-state index contributed by atoms with van der Waals surface area (Å²) in [6, 6.07) is 0. The van der Waals surface area contributed by atoms with Gasteiger partial charge in [-0.3, -0.25) is 4.79 Å². The Balaban J connectivity index is 2.12. The molecule has 1 amide bonds. The molecule has 0 aromatic rings. The lowest BCUT2D eigenvalue weighted by Crippen LogP contribution is -2.45. The molecule has 1 saturated carbocycles. The van der Waals surface area contributed by atoms with E-state index in [1.165, 1.54) is 0 Å². The van der Waals surface area contributed by atoms with Gasteiger partial charge in [0, 0.05) is 18.6 Å². The fraction of sp³-hybridized carbons (Fsp3) is 0.875. The Bertz CT molecular complexity index is 223. The summed E-state index contributed by atoms with van der Waals surface area (Å²) in [6.07, 6.45) is 2.51. The second kappa shape index (κ2) is 2.20. The molecule has 12 heavy (non-hydrogen) atoms. The summed E-state index contributed by atoms with van der Waals surface area (Å²) in [5.74, 6) is -0.357.